The molecule has 0 amide bonds. The highest BCUT2D eigenvalue weighted by Crippen LogP contribution is 2.25. The number of ether oxygens (including phenoxy) is 2. The van der Waals surface area contributed by atoms with Crippen LogP contribution in [0.3, 0.4) is 0 Å². The van der Waals surface area contributed by atoms with Gasteiger partial charge in [-0.1, -0.05) is 11.6 Å². The van der Waals surface area contributed by atoms with Crippen LogP contribution in [0.4, 0.5) is 5.82 Å². The van der Waals surface area contributed by atoms with E-state index in [1.54, 1.807) is 6.20 Å². The third-order valence-corrected chi connectivity index (χ3v) is 4.01. The molecule has 1 saturated heterocycles. The standard InChI is InChI=1S/C17H18ClN3O3/c1-23-17(22)12-9-14(18)20-16(10-12)24-13-5-6-15(19-11-13)21-7-3-2-4-8-21/h5-6,9-11H,2-4,7-8H2,1H3. The fourth-order valence-corrected chi connectivity index (χ4v) is 2.83. The summed E-state index contributed by atoms with van der Waals surface area (Å²) in [7, 11) is 1.31. The van der Waals surface area contributed by atoms with Gasteiger partial charge in [-0.25, -0.2) is 14.8 Å². The van der Waals surface area contributed by atoms with Gasteiger partial charge in [0.2, 0.25) is 5.88 Å². The number of pyridine rings is 2. The number of hydrogen-bond acceptors (Lipinski definition) is 6. The molecule has 7 heteroatoms. The van der Waals surface area contributed by atoms with Crippen LogP contribution in [0.1, 0.15) is 29.6 Å². The predicted molar refractivity (Wildman–Crippen MR) is 91.0 cm³/mol. The molecule has 3 rings (SSSR count). The van der Waals surface area contributed by atoms with Crippen LogP contribution in [0.2, 0.25) is 5.15 Å². The molecule has 126 valence electrons. The lowest BCUT2D eigenvalue weighted by Crippen LogP contribution is -2.29. The highest BCUT2D eigenvalue weighted by Gasteiger charge is 2.13. The Balaban J connectivity index is 1.74. The summed E-state index contributed by atoms with van der Waals surface area (Å²) in [6.45, 7) is 2.07. The molecule has 3 heterocycles. The molecular formula is C17H18ClN3O3. The molecular weight excluding hydrogens is 330 g/mol. The minimum absolute atomic E-state index is 0.158. The summed E-state index contributed by atoms with van der Waals surface area (Å²) in [5, 5.41) is 0.158. The number of aromatic nitrogens is 2. The summed E-state index contributed by atoms with van der Waals surface area (Å²) < 4.78 is 10.3. The van der Waals surface area contributed by atoms with E-state index < -0.39 is 5.97 Å². The number of rotatable bonds is 4. The average molecular weight is 348 g/mol. The molecule has 24 heavy (non-hydrogen) atoms. The van der Waals surface area contributed by atoms with Crippen LogP contribution in [-0.2, 0) is 4.74 Å². The van der Waals surface area contributed by atoms with Crippen molar-refractivity contribution in [1.82, 2.24) is 9.97 Å². The van der Waals surface area contributed by atoms with Crippen LogP contribution >= 0.6 is 11.6 Å². The molecule has 0 unspecified atom stereocenters. The highest BCUT2D eigenvalue weighted by atomic mass is 35.5. The number of piperidine rings is 1. The van der Waals surface area contributed by atoms with E-state index in [4.69, 9.17) is 16.3 Å². The zero-order valence-electron chi connectivity index (χ0n) is 13.4. The zero-order valence-corrected chi connectivity index (χ0v) is 14.1. The summed E-state index contributed by atoms with van der Waals surface area (Å²) in [4.78, 5) is 22.4. The zero-order chi connectivity index (χ0) is 16.9. The molecule has 0 radical (unpaired) electrons. The number of halogens is 1. The predicted octanol–water partition coefficient (Wildman–Crippen LogP) is 3.70. The van der Waals surface area contributed by atoms with E-state index in [-0.39, 0.29) is 16.6 Å². The lowest BCUT2D eigenvalue weighted by Gasteiger charge is -2.27. The van der Waals surface area contributed by atoms with Crippen LogP contribution in [-0.4, -0.2) is 36.1 Å². The molecule has 1 aliphatic rings. The molecule has 2 aromatic rings. The molecule has 0 N–H and O–H groups in total. The van der Waals surface area contributed by atoms with Crippen molar-refractivity contribution in [1.29, 1.82) is 0 Å². The molecule has 0 bridgehead atoms. The molecule has 0 aliphatic carbocycles. The van der Waals surface area contributed by atoms with E-state index in [1.165, 1.54) is 38.5 Å². The fourth-order valence-electron chi connectivity index (χ4n) is 2.62. The maximum absolute atomic E-state index is 11.6. The van der Waals surface area contributed by atoms with Gasteiger partial charge in [0.15, 0.2) is 0 Å². The fraction of sp³-hybridized carbons (Fsp3) is 0.353. The second kappa shape index (κ2) is 7.49. The Bertz CT molecular complexity index is 716. The molecule has 0 spiro atoms. The smallest absolute Gasteiger partial charge is 0.338 e. The first-order valence-corrected chi connectivity index (χ1v) is 8.18. The van der Waals surface area contributed by atoms with Crippen LogP contribution in [0.15, 0.2) is 30.5 Å². The number of hydrogen-bond donors (Lipinski definition) is 0. The summed E-state index contributed by atoms with van der Waals surface area (Å²) in [5.74, 6) is 1.19. The quantitative estimate of drug-likeness (QED) is 0.620. The van der Waals surface area contributed by atoms with Crippen molar-refractivity contribution >= 4 is 23.4 Å². The van der Waals surface area contributed by atoms with Gasteiger partial charge in [-0.2, -0.15) is 0 Å². The SMILES string of the molecule is COC(=O)c1cc(Cl)nc(Oc2ccc(N3CCCCC3)nc2)c1. The Morgan fingerprint density at radius 2 is 2.00 bits per heavy atom. The Morgan fingerprint density at radius 1 is 1.21 bits per heavy atom. The van der Waals surface area contributed by atoms with Crippen molar-refractivity contribution in [3.63, 3.8) is 0 Å². The average Bonchev–Trinajstić information content (AvgIpc) is 2.62. The minimum Gasteiger partial charge on any atom is -0.465 e. The van der Waals surface area contributed by atoms with Gasteiger partial charge in [0.1, 0.15) is 16.7 Å². The van der Waals surface area contributed by atoms with Crippen LogP contribution in [0.25, 0.3) is 0 Å². The van der Waals surface area contributed by atoms with Crippen LogP contribution < -0.4 is 9.64 Å². The van der Waals surface area contributed by atoms with Crippen LogP contribution in [0.5, 0.6) is 11.6 Å². The molecule has 6 nitrogen and oxygen atoms in total. The van der Waals surface area contributed by atoms with Gasteiger partial charge in [0.25, 0.3) is 0 Å². The Hall–Kier alpha value is -2.34. The maximum Gasteiger partial charge on any atom is 0.338 e. The third kappa shape index (κ3) is 3.94. The van der Waals surface area contributed by atoms with Crippen molar-refractivity contribution in [2.45, 2.75) is 19.3 Å². The minimum atomic E-state index is -0.497. The maximum atomic E-state index is 11.6. The highest BCUT2D eigenvalue weighted by molar-refractivity contribution is 6.29. The van der Waals surface area contributed by atoms with Crippen molar-refractivity contribution < 1.29 is 14.3 Å². The first kappa shape index (κ1) is 16.5. The Labute approximate surface area is 145 Å². The molecule has 0 saturated carbocycles. The third-order valence-electron chi connectivity index (χ3n) is 3.81. The van der Waals surface area contributed by atoms with Gasteiger partial charge in [-0.15, -0.1) is 0 Å². The van der Waals surface area contributed by atoms with Crippen LogP contribution in [0, 0.1) is 0 Å². The van der Waals surface area contributed by atoms with Crippen molar-refractivity contribution in [2.24, 2.45) is 0 Å². The number of carbonyl (C=O) groups excluding carboxylic acids is 1. The summed E-state index contributed by atoms with van der Waals surface area (Å²) in [6.07, 6.45) is 5.32. The Morgan fingerprint density at radius 3 is 2.67 bits per heavy atom. The van der Waals surface area contributed by atoms with E-state index in [0.717, 1.165) is 18.9 Å². The van der Waals surface area contributed by atoms with Crippen molar-refractivity contribution in [2.75, 3.05) is 25.1 Å². The molecule has 1 fully saturated rings. The first-order chi connectivity index (χ1) is 11.7. The van der Waals surface area contributed by atoms with Gasteiger partial charge in [0.05, 0.1) is 18.9 Å². The van der Waals surface area contributed by atoms with Gasteiger partial charge >= 0.3 is 5.97 Å². The topological polar surface area (TPSA) is 64.6 Å². The molecule has 1 aliphatic heterocycles. The summed E-state index contributed by atoms with van der Waals surface area (Å²) >= 11 is 5.92. The van der Waals surface area contributed by atoms with Gasteiger partial charge < -0.3 is 14.4 Å². The van der Waals surface area contributed by atoms with E-state index in [0.29, 0.717) is 5.75 Å². The lowest BCUT2D eigenvalue weighted by atomic mass is 10.1. The molecule has 0 atom stereocenters. The van der Waals surface area contributed by atoms with E-state index in [1.807, 2.05) is 12.1 Å². The largest absolute Gasteiger partial charge is 0.465 e. The first-order valence-electron chi connectivity index (χ1n) is 7.80. The van der Waals surface area contributed by atoms with E-state index in [9.17, 15) is 4.79 Å². The van der Waals surface area contributed by atoms with E-state index >= 15 is 0 Å². The van der Waals surface area contributed by atoms with Gasteiger partial charge in [0, 0.05) is 19.2 Å². The molecule has 2 aromatic heterocycles. The van der Waals surface area contributed by atoms with E-state index in [2.05, 4.69) is 19.6 Å². The normalized spacial score (nSPS) is 14.3. The number of carbonyl (C=O) groups is 1. The Kier molecular flexibility index (Phi) is 5.15. The number of nitrogens with zero attached hydrogens (tertiary/aromatic N) is 3. The number of methoxy groups -OCH3 is 1. The van der Waals surface area contributed by atoms with Crippen molar-refractivity contribution in [3.8, 4) is 11.6 Å². The van der Waals surface area contributed by atoms with Gasteiger partial charge in [-0.3, -0.25) is 0 Å². The van der Waals surface area contributed by atoms with Gasteiger partial charge in [-0.05, 0) is 37.5 Å². The number of esters is 1. The second-order valence-corrected chi connectivity index (χ2v) is 5.90. The number of anilines is 1. The second-order valence-electron chi connectivity index (χ2n) is 5.51. The monoisotopic (exact) mass is 347 g/mol. The summed E-state index contributed by atoms with van der Waals surface area (Å²) in [5.41, 5.74) is 0.283. The molecule has 0 aromatic carbocycles. The summed E-state index contributed by atoms with van der Waals surface area (Å²) in [6, 6.07) is 6.66. The lowest BCUT2D eigenvalue weighted by molar-refractivity contribution is 0.0600. The van der Waals surface area contributed by atoms with Crippen molar-refractivity contribution in [3.05, 3.63) is 41.2 Å².